The Kier molecular flexibility index (Phi) is 4.15. The first-order chi connectivity index (χ1) is 8.70. The van der Waals surface area contributed by atoms with Gasteiger partial charge in [-0.1, -0.05) is 36.4 Å². The number of esters is 1. The second kappa shape index (κ2) is 5.83. The fourth-order valence-corrected chi connectivity index (χ4v) is 2.08. The van der Waals surface area contributed by atoms with Crippen LogP contribution in [0.4, 0.5) is 0 Å². The van der Waals surface area contributed by atoms with Crippen LogP contribution in [0, 0.1) is 0 Å². The number of ether oxygens (including phenoxy) is 1. The molecule has 0 aliphatic carbocycles. The van der Waals surface area contributed by atoms with Gasteiger partial charge < -0.3 is 4.74 Å². The van der Waals surface area contributed by atoms with Crippen LogP contribution in [0.2, 0.25) is 0 Å². The maximum atomic E-state index is 11.5. The number of benzene rings is 2. The number of hydrogen-bond donors (Lipinski definition) is 0. The van der Waals surface area contributed by atoms with Crippen molar-refractivity contribution in [1.29, 1.82) is 0 Å². The molecular formula is C15H13BrO2. The first kappa shape index (κ1) is 12.8. The van der Waals surface area contributed by atoms with Gasteiger partial charge in [0.05, 0.1) is 6.61 Å². The summed E-state index contributed by atoms with van der Waals surface area (Å²) in [5.41, 5.74) is 0.966. The lowest BCUT2D eigenvalue weighted by atomic mass is 10.1. The smallest absolute Gasteiger partial charge is 0.345 e. The third-order valence-electron chi connectivity index (χ3n) is 2.54. The predicted molar refractivity (Wildman–Crippen MR) is 77.5 cm³/mol. The van der Waals surface area contributed by atoms with Crippen LogP contribution in [-0.2, 0) is 9.53 Å². The summed E-state index contributed by atoms with van der Waals surface area (Å²) in [6.07, 6.45) is 1.77. The molecule has 0 aliphatic heterocycles. The average Bonchev–Trinajstić information content (AvgIpc) is 2.39. The van der Waals surface area contributed by atoms with Crippen molar-refractivity contribution in [2.45, 2.75) is 6.92 Å². The molecule has 92 valence electrons. The topological polar surface area (TPSA) is 26.3 Å². The van der Waals surface area contributed by atoms with Gasteiger partial charge in [-0.2, -0.15) is 0 Å². The van der Waals surface area contributed by atoms with Gasteiger partial charge in [-0.25, -0.2) is 4.79 Å². The molecule has 0 saturated carbocycles. The lowest BCUT2D eigenvalue weighted by Gasteiger charge is -2.02. The lowest BCUT2D eigenvalue weighted by Crippen LogP contribution is -2.02. The van der Waals surface area contributed by atoms with Crippen molar-refractivity contribution in [3.63, 3.8) is 0 Å². The van der Waals surface area contributed by atoms with Gasteiger partial charge in [0.15, 0.2) is 0 Å². The Labute approximate surface area is 114 Å². The summed E-state index contributed by atoms with van der Waals surface area (Å²) < 4.78 is 5.34. The molecule has 0 amide bonds. The number of carbonyl (C=O) groups excluding carboxylic acids is 1. The molecule has 0 bridgehead atoms. The molecule has 2 rings (SSSR count). The maximum absolute atomic E-state index is 11.5. The van der Waals surface area contributed by atoms with Gasteiger partial charge in [-0.3, -0.25) is 0 Å². The fourth-order valence-electron chi connectivity index (χ4n) is 1.70. The Balaban J connectivity index is 2.31. The van der Waals surface area contributed by atoms with Crippen LogP contribution in [-0.4, -0.2) is 12.6 Å². The summed E-state index contributed by atoms with van der Waals surface area (Å²) in [5.74, 6) is -0.342. The highest BCUT2D eigenvalue weighted by Gasteiger charge is 2.06. The number of rotatable bonds is 3. The van der Waals surface area contributed by atoms with Crippen molar-refractivity contribution in [3.8, 4) is 0 Å². The Morgan fingerprint density at radius 3 is 2.67 bits per heavy atom. The first-order valence-electron chi connectivity index (χ1n) is 5.74. The highest BCUT2D eigenvalue weighted by Crippen LogP contribution is 2.19. The summed E-state index contributed by atoms with van der Waals surface area (Å²) in [6, 6.07) is 14.2. The zero-order valence-electron chi connectivity index (χ0n) is 10.0. The van der Waals surface area contributed by atoms with Crippen molar-refractivity contribution in [1.82, 2.24) is 0 Å². The van der Waals surface area contributed by atoms with Gasteiger partial charge in [0.1, 0.15) is 4.48 Å². The van der Waals surface area contributed by atoms with Gasteiger partial charge in [0, 0.05) is 0 Å². The number of carbonyl (C=O) groups is 1. The van der Waals surface area contributed by atoms with E-state index < -0.39 is 0 Å². The standard InChI is InChI=1S/C15H13BrO2/c1-2-18-15(17)14(16)10-11-7-8-12-5-3-4-6-13(12)9-11/h3-10H,2H2,1H3/b14-10-. The van der Waals surface area contributed by atoms with E-state index in [0.29, 0.717) is 11.1 Å². The highest BCUT2D eigenvalue weighted by molar-refractivity contribution is 9.12. The van der Waals surface area contributed by atoms with E-state index in [1.165, 1.54) is 5.39 Å². The predicted octanol–water partition coefficient (Wildman–Crippen LogP) is 4.14. The van der Waals surface area contributed by atoms with Gasteiger partial charge in [0.2, 0.25) is 0 Å². The minimum Gasteiger partial charge on any atom is -0.462 e. The van der Waals surface area contributed by atoms with Crippen LogP contribution in [0.25, 0.3) is 16.8 Å². The summed E-state index contributed by atoms with van der Waals surface area (Å²) >= 11 is 3.23. The van der Waals surface area contributed by atoms with Crippen LogP contribution in [0.15, 0.2) is 46.9 Å². The second-order valence-corrected chi connectivity index (χ2v) is 4.67. The second-order valence-electron chi connectivity index (χ2n) is 3.82. The SMILES string of the molecule is CCOC(=O)/C(Br)=C/c1ccc2ccccc2c1. The van der Waals surface area contributed by atoms with Crippen molar-refractivity contribution in [3.05, 3.63) is 52.5 Å². The molecule has 0 atom stereocenters. The molecule has 0 aromatic heterocycles. The molecule has 0 saturated heterocycles. The van der Waals surface area contributed by atoms with Gasteiger partial charge in [-0.05, 0) is 51.3 Å². The molecular weight excluding hydrogens is 292 g/mol. The third kappa shape index (κ3) is 2.99. The highest BCUT2D eigenvalue weighted by atomic mass is 79.9. The Morgan fingerprint density at radius 1 is 1.22 bits per heavy atom. The summed E-state index contributed by atoms with van der Waals surface area (Å²) in [5, 5.41) is 2.33. The van der Waals surface area contributed by atoms with Gasteiger partial charge >= 0.3 is 5.97 Å². The van der Waals surface area contributed by atoms with Crippen molar-refractivity contribution >= 4 is 38.7 Å². The Hall–Kier alpha value is -1.61. The molecule has 0 aliphatic rings. The molecule has 2 aromatic rings. The van der Waals surface area contributed by atoms with Crippen LogP contribution >= 0.6 is 15.9 Å². The third-order valence-corrected chi connectivity index (χ3v) is 3.09. The van der Waals surface area contributed by atoms with E-state index in [1.54, 1.807) is 13.0 Å². The summed E-state index contributed by atoms with van der Waals surface area (Å²) in [7, 11) is 0. The molecule has 0 radical (unpaired) electrons. The molecule has 3 heteroatoms. The van der Waals surface area contributed by atoms with Gasteiger partial charge in [0.25, 0.3) is 0 Å². The lowest BCUT2D eigenvalue weighted by molar-refractivity contribution is -0.137. The number of fused-ring (bicyclic) bond motifs is 1. The molecule has 0 N–H and O–H groups in total. The minimum absolute atomic E-state index is 0.342. The molecule has 0 fully saturated rings. The summed E-state index contributed by atoms with van der Waals surface area (Å²) in [6.45, 7) is 2.16. The normalized spacial score (nSPS) is 11.6. The Morgan fingerprint density at radius 2 is 1.94 bits per heavy atom. The van der Waals surface area contributed by atoms with E-state index in [-0.39, 0.29) is 5.97 Å². The number of hydrogen-bond acceptors (Lipinski definition) is 2. The van der Waals surface area contributed by atoms with E-state index >= 15 is 0 Å². The van der Waals surface area contributed by atoms with Crippen LogP contribution in [0.5, 0.6) is 0 Å². The largest absolute Gasteiger partial charge is 0.462 e. The maximum Gasteiger partial charge on any atom is 0.345 e. The van der Waals surface area contributed by atoms with E-state index in [0.717, 1.165) is 10.9 Å². The van der Waals surface area contributed by atoms with Crippen molar-refractivity contribution < 1.29 is 9.53 Å². The minimum atomic E-state index is -0.342. The van der Waals surface area contributed by atoms with Crippen LogP contribution in [0.3, 0.4) is 0 Å². The number of halogens is 1. The van der Waals surface area contributed by atoms with Crippen LogP contribution < -0.4 is 0 Å². The molecule has 2 aromatic carbocycles. The average molecular weight is 305 g/mol. The van der Waals surface area contributed by atoms with Crippen LogP contribution in [0.1, 0.15) is 12.5 Å². The van der Waals surface area contributed by atoms with Crippen molar-refractivity contribution in [2.24, 2.45) is 0 Å². The molecule has 0 unspecified atom stereocenters. The van der Waals surface area contributed by atoms with Crippen molar-refractivity contribution in [2.75, 3.05) is 6.61 Å². The molecule has 0 spiro atoms. The molecule has 2 nitrogen and oxygen atoms in total. The monoisotopic (exact) mass is 304 g/mol. The van der Waals surface area contributed by atoms with E-state index in [2.05, 4.69) is 22.0 Å². The zero-order chi connectivity index (χ0) is 13.0. The van der Waals surface area contributed by atoms with E-state index in [9.17, 15) is 4.79 Å². The first-order valence-corrected chi connectivity index (χ1v) is 6.53. The van der Waals surface area contributed by atoms with E-state index in [4.69, 9.17) is 4.74 Å². The zero-order valence-corrected chi connectivity index (χ0v) is 11.6. The Bertz CT molecular complexity index is 602. The van der Waals surface area contributed by atoms with Gasteiger partial charge in [-0.15, -0.1) is 0 Å². The molecule has 18 heavy (non-hydrogen) atoms. The summed E-state index contributed by atoms with van der Waals surface area (Å²) in [4.78, 5) is 11.5. The molecule has 0 heterocycles. The fraction of sp³-hybridized carbons (Fsp3) is 0.133. The van der Waals surface area contributed by atoms with E-state index in [1.807, 2.05) is 36.4 Å². The quantitative estimate of drug-likeness (QED) is 0.629.